The summed E-state index contributed by atoms with van der Waals surface area (Å²) in [6, 6.07) is 65.2. The van der Waals surface area contributed by atoms with Crippen LogP contribution in [0.1, 0.15) is 5.56 Å². The summed E-state index contributed by atoms with van der Waals surface area (Å²) in [6.07, 6.45) is 0. The second kappa shape index (κ2) is 13.3. The summed E-state index contributed by atoms with van der Waals surface area (Å²) in [5, 5.41) is 0. The van der Waals surface area contributed by atoms with Crippen LogP contribution in [0.3, 0.4) is 0 Å². The van der Waals surface area contributed by atoms with Crippen LogP contribution in [0.15, 0.2) is 188 Å². The zero-order valence-electron chi connectivity index (χ0n) is 25.7. The summed E-state index contributed by atoms with van der Waals surface area (Å²) in [5.74, 6) is 1.54. The number of rotatable bonds is 9. The molecule has 0 saturated carbocycles. The normalized spacial score (nSPS) is 10.7. The SMILES string of the molecule is Cc1ccc(-c2ccc(N(c3ccccc3)c3cccc(Oc4ccc(N(c5ccccc5)c5ccccc5)cc4)c3)cc2)cc1. The van der Waals surface area contributed by atoms with Crippen molar-refractivity contribution in [2.24, 2.45) is 0 Å². The lowest BCUT2D eigenvalue weighted by molar-refractivity contribution is 0.483. The standard InChI is InChI=1S/C43H34N2O/c1-33-20-22-34(23-21-33)35-24-26-39(27-25-35)45(38-16-9-4-10-17-38)41-18-11-19-43(32-41)46-42-30-28-40(29-31-42)44(36-12-5-2-6-13-36)37-14-7-3-8-15-37/h2-32H,1H3. The number of nitrogens with zero attached hydrogens (tertiary/aromatic N) is 2. The van der Waals surface area contributed by atoms with E-state index in [-0.39, 0.29) is 0 Å². The molecule has 0 N–H and O–H groups in total. The van der Waals surface area contributed by atoms with Gasteiger partial charge in [0.1, 0.15) is 11.5 Å². The molecule has 0 fully saturated rings. The lowest BCUT2D eigenvalue weighted by Crippen LogP contribution is -2.10. The van der Waals surface area contributed by atoms with Crippen molar-refractivity contribution < 1.29 is 4.74 Å². The molecule has 0 amide bonds. The van der Waals surface area contributed by atoms with Crippen molar-refractivity contribution in [1.29, 1.82) is 0 Å². The molecular formula is C43H34N2O. The summed E-state index contributed by atoms with van der Waals surface area (Å²) in [4.78, 5) is 4.50. The minimum Gasteiger partial charge on any atom is -0.457 e. The van der Waals surface area contributed by atoms with E-state index in [0.717, 1.165) is 45.6 Å². The molecule has 222 valence electrons. The number of hydrogen-bond donors (Lipinski definition) is 0. The van der Waals surface area contributed by atoms with Gasteiger partial charge < -0.3 is 14.5 Å². The van der Waals surface area contributed by atoms with E-state index in [1.165, 1.54) is 16.7 Å². The molecule has 0 aromatic heterocycles. The molecule has 0 spiro atoms. The highest BCUT2D eigenvalue weighted by atomic mass is 16.5. The molecule has 0 atom stereocenters. The van der Waals surface area contributed by atoms with Gasteiger partial charge in [-0.25, -0.2) is 0 Å². The third kappa shape index (κ3) is 6.40. The lowest BCUT2D eigenvalue weighted by atomic mass is 10.0. The molecular weight excluding hydrogens is 560 g/mol. The second-order valence-electron chi connectivity index (χ2n) is 11.2. The zero-order chi connectivity index (χ0) is 31.1. The van der Waals surface area contributed by atoms with E-state index in [0.29, 0.717) is 0 Å². The van der Waals surface area contributed by atoms with Crippen molar-refractivity contribution in [3.8, 4) is 22.6 Å². The van der Waals surface area contributed by atoms with E-state index in [9.17, 15) is 0 Å². The van der Waals surface area contributed by atoms with Crippen molar-refractivity contribution >= 4 is 34.1 Å². The van der Waals surface area contributed by atoms with Gasteiger partial charge in [-0.1, -0.05) is 103 Å². The van der Waals surface area contributed by atoms with Gasteiger partial charge in [-0.15, -0.1) is 0 Å². The summed E-state index contributed by atoms with van der Waals surface area (Å²) in [6.45, 7) is 2.11. The summed E-state index contributed by atoms with van der Waals surface area (Å²) in [5.41, 5.74) is 10.1. The maximum Gasteiger partial charge on any atom is 0.129 e. The van der Waals surface area contributed by atoms with Gasteiger partial charge in [0.15, 0.2) is 0 Å². The molecule has 0 bridgehead atoms. The van der Waals surface area contributed by atoms with Gasteiger partial charge in [-0.2, -0.15) is 0 Å². The molecule has 0 aliphatic rings. The summed E-state index contributed by atoms with van der Waals surface area (Å²) in [7, 11) is 0. The molecule has 7 aromatic rings. The van der Waals surface area contributed by atoms with Crippen LogP contribution in [-0.4, -0.2) is 0 Å². The summed E-state index contributed by atoms with van der Waals surface area (Å²) < 4.78 is 6.43. The van der Waals surface area contributed by atoms with Crippen LogP contribution >= 0.6 is 0 Å². The van der Waals surface area contributed by atoms with Gasteiger partial charge >= 0.3 is 0 Å². The monoisotopic (exact) mass is 594 g/mol. The molecule has 46 heavy (non-hydrogen) atoms. The topological polar surface area (TPSA) is 15.7 Å². The fourth-order valence-corrected chi connectivity index (χ4v) is 5.66. The summed E-state index contributed by atoms with van der Waals surface area (Å²) >= 11 is 0. The van der Waals surface area contributed by atoms with E-state index in [1.54, 1.807) is 0 Å². The smallest absolute Gasteiger partial charge is 0.129 e. The highest BCUT2D eigenvalue weighted by molar-refractivity contribution is 5.79. The molecule has 0 radical (unpaired) electrons. The molecule has 7 aromatic carbocycles. The van der Waals surface area contributed by atoms with Crippen LogP contribution in [0.4, 0.5) is 34.1 Å². The van der Waals surface area contributed by atoms with E-state index in [2.05, 4.69) is 162 Å². The van der Waals surface area contributed by atoms with Crippen LogP contribution < -0.4 is 14.5 Å². The average molecular weight is 595 g/mol. The Morgan fingerprint density at radius 2 is 0.717 bits per heavy atom. The number of benzene rings is 7. The molecule has 3 heteroatoms. The van der Waals surface area contributed by atoms with Gasteiger partial charge in [0.05, 0.1) is 0 Å². The van der Waals surface area contributed by atoms with Crippen molar-refractivity contribution in [1.82, 2.24) is 0 Å². The van der Waals surface area contributed by atoms with Crippen molar-refractivity contribution in [3.05, 3.63) is 194 Å². The predicted octanol–water partition coefficient (Wildman–Crippen LogP) is 12.4. The highest BCUT2D eigenvalue weighted by Crippen LogP contribution is 2.39. The number of ether oxygens (including phenoxy) is 1. The van der Waals surface area contributed by atoms with Crippen LogP contribution in [0, 0.1) is 6.92 Å². The molecule has 0 aliphatic heterocycles. The maximum atomic E-state index is 6.43. The molecule has 3 nitrogen and oxygen atoms in total. The van der Waals surface area contributed by atoms with Crippen molar-refractivity contribution in [2.45, 2.75) is 6.92 Å². The Bertz CT molecular complexity index is 1950. The fraction of sp³-hybridized carbons (Fsp3) is 0.0233. The first kappa shape index (κ1) is 28.7. The molecule has 7 rings (SSSR count). The van der Waals surface area contributed by atoms with Crippen LogP contribution in [-0.2, 0) is 0 Å². The van der Waals surface area contributed by atoms with E-state index < -0.39 is 0 Å². The van der Waals surface area contributed by atoms with Gasteiger partial charge in [0.2, 0.25) is 0 Å². The zero-order valence-corrected chi connectivity index (χ0v) is 25.7. The van der Waals surface area contributed by atoms with Crippen LogP contribution in [0.2, 0.25) is 0 Å². The Balaban J connectivity index is 1.16. The number of anilines is 6. The van der Waals surface area contributed by atoms with E-state index in [1.807, 2.05) is 42.5 Å². The highest BCUT2D eigenvalue weighted by Gasteiger charge is 2.15. The first-order valence-corrected chi connectivity index (χ1v) is 15.5. The van der Waals surface area contributed by atoms with Crippen LogP contribution in [0.25, 0.3) is 11.1 Å². The Hall–Kier alpha value is -6.06. The van der Waals surface area contributed by atoms with E-state index >= 15 is 0 Å². The Kier molecular flexibility index (Phi) is 8.29. The minimum atomic E-state index is 0.769. The van der Waals surface area contributed by atoms with Crippen molar-refractivity contribution in [3.63, 3.8) is 0 Å². The van der Waals surface area contributed by atoms with Crippen LogP contribution in [0.5, 0.6) is 11.5 Å². The molecule has 0 heterocycles. The third-order valence-electron chi connectivity index (χ3n) is 7.96. The average Bonchev–Trinajstić information content (AvgIpc) is 3.12. The Labute approximate surface area is 271 Å². The molecule has 0 unspecified atom stereocenters. The third-order valence-corrected chi connectivity index (χ3v) is 7.96. The Morgan fingerprint density at radius 1 is 0.326 bits per heavy atom. The lowest BCUT2D eigenvalue weighted by Gasteiger charge is -2.26. The maximum absolute atomic E-state index is 6.43. The predicted molar refractivity (Wildman–Crippen MR) is 192 cm³/mol. The van der Waals surface area contributed by atoms with Gasteiger partial charge in [-0.05, 0) is 103 Å². The van der Waals surface area contributed by atoms with Gasteiger partial charge in [0, 0.05) is 40.2 Å². The first-order valence-electron chi connectivity index (χ1n) is 15.5. The van der Waals surface area contributed by atoms with E-state index in [4.69, 9.17) is 4.74 Å². The van der Waals surface area contributed by atoms with Crippen molar-refractivity contribution in [2.75, 3.05) is 9.80 Å². The van der Waals surface area contributed by atoms with Gasteiger partial charge in [-0.3, -0.25) is 0 Å². The largest absolute Gasteiger partial charge is 0.457 e. The second-order valence-corrected chi connectivity index (χ2v) is 11.2. The molecule has 0 aliphatic carbocycles. The fourth-order valence-electron chi connectivity index (χ4n) is 5.66. The number of hydrogen-bond acceptors (Lipinski definition) is 3. The number of para-hydroxylation sites is 3. The quantitative estimate of drug-likeness (QED) is 0.165. The Morgan fingerprint density at radius 3 is 1.22 bits per heavy atom. The minimum absolute atomic E-state index is 0.769. The number of aryl methyl sites for hydroxylation is 1. The molecule has 0 saturated heterocycles. The first-order chi connectivity index (χ1) is 22.7. The van der Waals surface area contributed by atoms with Gasteiger partial charge in [0.25, 0.3) is 0 Å².